The smallest absolute Gasteiger partial charge is 0.257 e. The average Bonchev–Trinajstić information content (AvgIpc) is 3.20. The molecule has 0 radical (unpaired) electrons. The van der Waals surface area contributed by atoms with Crippen LogP contribution in [0.3, 0.4) is 0 Å². The molecule has 0 aliphatic heterocycles. The van der Waals surface area contributed by atoms with Crippen molar-refractivity contribution in [2.75, 3.05) is 26.1 Å². The van der Waals surface area contributed by atoms with Crippen molar-refractivity contribution in [2.24, 2.45) is 0 Å². The van der Waals surface area contributed by atoms with Gasteiger partial charge in [-0.1, -0.05) is 0 Å². The van der Waals surface area contributed by atoms with E-state index in [1.165, 1.54) is 0 Å². The third-order valence-corrected chi connectivity index (χ3v) is 4.87. The lowest BCUT2D eigenvalue weighted by Gasteiger charge is -2.10. The number of carbonyl (C=O) groups is 2. The molecule has 32 heavy (non-hydrogen) atoms. The van der Waals surface area contributed by atoms with Crippen molar-refractivity contribution >= 4 is 29.7 Å². The van der Waals surface area contributed by atoms with E-state index >= 15 is 0 Å². The number of rotatable bonds is 9. The van der Waals surface area contributed by atoms with E-state index in [0.717, 1.165) is 22.7 Å². The standard InChI is InChI=1S/C21H24N6O4S/c1-30-16-7-3-14(4-8-16)20-25-26-21(32)27(20)12-11-18(28)23-24-19(29)13-22-15-5-9-17(31-2)10-6-15/h3-10,22H,11-13H2,1-2H3,(H,23,28)(H,24,29)(H,26,32). The van der Waals surface area contributed by atoms with Crippen molar-refractivity contribution in [3.63, 3.8) is 0 Å². The van der Waals surface area contributed by atoms with Gasteiger partial charge in [-0.2, -0.15) is 5.10 Å². The van der Waals surface area contributed by atoms with Crippen LogP contribution in [0.5, 0.6) is 11.5 Å². The number of carbonyl (C=O) groups excluding carboxylic acids is 2. The number of hydrogen-bond donors (Lipinski definition) is 4. The van der Waals surface area contributed by atoms with Crippen molar-refractivity contribution in [2.45, 2.75) is 13.0 Å². The van der Waals surface area contributed by atoms with Gasteiger partial charge < -0.3 is 14.8 Å². The fourth-order valence-corrected chi connectivity index (χ4v) is 3.06. The average molecular weight is 457 g/mol. The Morgan fingerprint density at radius 1 is 0.969 bits per heavy atom. The van der Waals surface area contributed by atoms with Crippen molar-refractivity contribution in [1.82, 2.24) is 25.6 Å². The quantitative estimate of drug-likeness (QED) is 0.288. The number of methoxy groups -OCH3 is 2. The molecule has 2 amide bonds. The van der Waals surface area contributed by atoms with Gasteiger partial charge in [-0.05, 0) is 60.7 Å². The lowest BCUT2D eigenvalue weighted by Crippen LogP contribution is -2.44. The molecule has 1 heterocycles. The molecule has 1 aromatic heterocycles. The molecular formula is C21H24N6O4S. The van der Waals surface area contributed by atoms with Crippen LogP contribution >= 0.6 is 12.2 Å². The zero-order chi connectivity index (χ0) is 22.9. The van der Waals surface area contributed by atoms with E-state index in [4.69, 9.17) is 21.7 Å². The number of aromatic amines is 1. The summed E-state index contributed by atoms with van der Waals surface area (Å²) in [6.07, 6.45) is 0.100. The maximum absolute atomic E-state index is 12.2. The molecule has 0 bridgehead atoms. The summed E-state index contributed by atoms with van der Waals surface area (Å²) in [6.45, 7) is 0.295. The summed E-state index contributed by atoms with van der Waals surface area (Å²) in [4.78, 5) is 24.1. The van der Waals surface area contributed by atoms with Crippen molar-refractivity contribution in [3.8, 4) is 22.9 Å². The lowest BCUT2D eigenvalue weighted by molar-refractivity contribution is -0.128. The first-order chi connectivity index (χ1) is 15.5. The van der Waals surface area contributed by atoms with Crippen LogP contribution in [0.15, 0.2) is 48.5 Å². The molecule has 3 aromatic rings. The van der Waals surface area contributed by atoms with Crippen LogP contribution in [0.2, 0.25) is 0 Å². The second-order valence-corrected chi connectivity index (χ2v) is 7.05. The van der Waals surface area contributed by atoms with E-state index in [-0.39, 0.29) is 24.8 Å². The molecule has 0 saturated heterocycles. The topological polar surface area (TPSA) is 122 Å². The fraction of sp³-hybridized carbons (Fsp3) is 0.238. The van der Waals surface area contributed by atoms with Gasteiger partial charge in [-0.15, -0.1) is 0 Å². The van der Waals surface area contributed by atoms with Gasteiger partial charge in [-0.25, -0.2) is 0 Å². The molecule has 10 nitrogen and oxygen atoms in total. The Balaban J connectivity index is 1.47. The predicted octanol–water partition coefficient (Wildman–Crippen LogP) is 2.27. The van der Waals surface area contributed by atoms with E-state index in [0.29, 0.717) is 17.1 Å². The Morgan fingerprint density at radius 3 is 2.19 bits per heavy atom. The monoisotopic (exact) mass is 456 g/mol. The second kappa shape index (κ2) is 11.0. The summed E-state index contributed by atoms with van der Waals surface area (Å²) in [6, 6.07) is 14.5. The maximum atomic E-state index is 12.2. The minimum absolute atomic E-state index is 0.00101. The molecule has 0 unspecified atom stereocenters. The molecule has 3 rings (SSSR count). The highest BCUT2D eigenvalue weighted by Gasteiger charge is 2.11. The normalized spacial score (nSPS) is 10.3. The molecule has 0 atom stereocenters. The molecule has 0 aliphatic rings. The van der Waals surface area contributed by atoms with Crippen LogP contribution in [0.4, 0.5) is 5.69 Å². The Morgan fingerprint density at radius 2 is 1.56 bits per heavy atom. The summed E-state index contributed by atoms with van der Waals surface area (Å²) in [5.74, 6) is 1.32. The predicted molar refractivity (Wildman–Crippen MR) is 122 cm³/mol. The molecule has 0 spiro atoms. The number of aromatic nitrogens is 3. The first-order valence-corrected chi connectivity index (χ1v) is 10.2. The summed E-state index contributed by atoms with van der Waals surface area (Å²) < 4.78 is 12.4. The van der Waals surface area contributed by atoms with E-state index in [9.17, 15) is 9.59 Å². The van der Waals surface area contributed by atoms with Gasteiger partial charge in [0, 0.05) is 24.2 Å². The van der Waals surface area contributed by atoms with Crippen LogP contribution in [-0.2, 0) is 16.1 Å². The van der Waals surface area contributed by atoms with E-state index in [1.807, 2.05) is 24.3 Å². The van der Waals surface area contributed by atoms with Crippen LogP contribution in [0.1, 0.15) is 6.42 Å². The summed E-state index contributed by atoms with van der Waals surface area (Å²) in [5, 5.41) is 9.95. The van der Waals surface area contributed by atoms with E-state index < -0.39 is 0 Å². The first-order valence-electron chi connectivity index (χ1n) is 9.75. The zero-order valence-corrected chi connectivity index (χ0v) is 18.5. The van der Waals surface area contributed by atoms with Gasteiger partial charge in [0.1, 0.15) is 11.5 Å². The number of hydrogen-bond acceptors (Lipinski definition) is 7. The first kappa shape index (κ1) is 22.8. The zero-order valence-electron chi connectivity index (χ0n) is 17.7. The van der Waals surface area contributed by atoms with Gasteiger partial charge >= 0.3 is 0 Å². The maximum Gasteiger partial charge on any atom is 0.257 e. The third-order valence-electron chi connectivity index (χ3n) is 4.55. The van der Waals surface area contributed by atoms with Gasteiger partial charge in [-0.3, -0.25) is 30.1 Å². The number of hydrazine groups is 1. The lowest BCUT2D eigenvalue weighted by atomic mass is 10.2. The second-order valence-electron chi connectivity index (χ2n) is 6.66. The molecule has 0 aliphatic carbocycles. The van der Waals surface area contributed by atoms with Crippen molar-refractivity contribution < 1.29 is 19.1 Å². The molecule has 168 valence electrons. The highest BCUT2D eigenvalue weighted by Crippen LogP contribution is 2.21. The van der Waals surface area contributed by atoms with Crippen LogP contribution in [0.25, 0.3) is 11.4 Å². The largest absolute Gasteiger partial charge is 0.497 e. The summed E-state index contributed by atoms with van der Waals surface area (Å²) >= 11 is 5.28. The van der Waals surface area contributed by atoms with Crippen molar-refractivity contribution in [1.29, 1.82) is 0 Å². The number of nitrogens with one attached hydrogen (secondary N) is 4. The number of anilines is 1. The molecule has 11 heteroatoms. The minimum Gasteiger partial charge on any atom is -0.497 e. The summed E-state index contributed by atoms with van der Waals surface area (Å²) in [7, 11) is 3.18. The van der Waals surface area contributed by atoms with Gasteiger partial charge in [0.2, 0.25) is 5.91 Å². The number of benzene rings is 2. The molecule has 4 N–H and O–H groups in total. The van der Waals surface area contributed by atoms with E-state index in [1.54, 1.807) is 43.1 Å². The van der Waals surface area contributed by atoms with Crippen LogP contribution in [-0.4, -0.2) is 47.3 Å². The Labute approximate surface area is 189 Å². The van der Waals surface area contributed by atoms with Gasteiger partial charge in [0.05, 0.1) is 20.8 Å². The fourth-order valence-electron chi connectivity index (χ4n) is 2.84. The number of nitrogens with zero attached hydrogens (tertiary/aromatic N) is 2. The van der Waals surface area contributed by atoms with Crippen LogP contribution < -0.4 is 25.6 Å². The van der Waals surface area contributed by atoms with Crippen LogP contribution in [0, 0.1) is 4.77 Å². The Hall–Kier alpha value is -3.86. The van der Waals surface area contributed by atoms with Gasteiger partial charge in [0.25, 0.3) is 5.91 Å². The minimum atomic E-state index is -0.381. The molecular weight excluding hydrogens is 432 g/mol. The molecule has 0 fully saturated rings. The summed E-state index contributed by atoms with van der Waals surface area (Å²) in [5.41, 5.74) is 6.37. The molecule has 2 aromatic carbocycles. The Bertz CT molecular complexity index is 1110. The van der Waals surface area contributed by atoms with Crippen molar-refractivity contribution in [3.05, 3.63) is 53.3 Å². The number of amides is 2. The highest BCUT2D eigenvalue weighted by atomic mass is 32.1. The number of H-pyrrole nitrogens is 1. The third kappa shape index (κ3) is 6.08. The van der Waals surface area contributed by atoms with Gasteiger partial charge in [0.15, 0.2) is 10.6 Å². The Kier molecular flexibility index (Phi) is 7.81. The van der Waals surface area contributed by atoms with E-state index in [2.05, 4.69) is 26.4 Å². The number of ether oxygens (including phenoxy) is 2. The highest BCUT2D eigenvalue weighted by molar-refractivity contribution is 7.71. The molecule has 0 saturated carbocycles. The SMILES string of the molecule is COc1ccc(NCC(=O)NNC(=O)CCn2c(-c3ccc(OC)cc3)n[nH]c2=S)cc1.